The van der Waals surface area contributed by atoms with Crippen molar-refractivity contribution in [3.63, 3.8) is 0 Å². The molecule has 1 fully saturated rings. The van der Waals surface area contributed by atoms with Crippen LogP contribution in [0.25, 0.3) is 0 Å². The summed E-state index contributed by atoms with van der Waals surface area (Å²) in [5.74, 6) is -1.02. The Balaban J connectivity index is 0.000000487. The Labute approximate surface area is 94.8 Å². The number of carboxylic acid groups (broad SMARTS) is 1. The molecule has 0 aromatic rings. The van der Waals surface area contributed by atoms with Crippen molar-refractivity contribution in [1.29, 1.82) is 0 Å². The molecule has 1 aliphatic heterocycles. The minimum atomic E-state index is -3.81. The molecule has 1 heterocycles. The largest absolute Gasteiger partial charge is 0.481 e. The average Bonchev–Trinajstić information content (AvgIpc) is 2.14. The summed E-state index contributed by atoms with van der Waals surface area (Å²) in [7, 11) is -3.81. The predicted octanol–water partition coefficient (Wildman–Crippen LogP) is -0.703. The van der Waals surface area contributed by atoms with Crippen LogP contribution in [0.15, 0.2) is 0 Å². The zero-order valence-electron chi connectivity index (χ0n) is 9.13. The maximum Gasteiger partial charge on any atom is 0.300 e. The second-order valence-corrected chi connectivity index (χ2v) is 4.83. The molecule has 0 bridgehead atoms. The predicted molar refractivity (Wildman–Crippen MR) is 57.0 cm³/mol. The van der Waals surface area contributed by atoms with E-state index >= 15 is 0 Å². The number of nitrogens with zero attached hydrogens (tertiary/aromatic N) is 1. The van der Waals surface area contributed by atoms with Gasteiger partial charge in [-0.2, -0.15) is 8.42 Å². The molecule has 16 heavy (non-hydrogen) atoms. The lowest BCUT2D eigenvalue weighted by Gasteiger charge is -2.25. The molecule has 0 atom stereocenters. The Kier molecular flexibility index (Phi) is 7.22. The van der Waals surface area contributed by atoms with E-state index in [9.17, 15) is 8.42 Å². The zero-order valence-corrected chi connectivity index (χ0v) is 9.94. The highest BCUT2D eigenvalue weighted by atomic mass is 32.2. The van der Waals surface area contributed by atoms with Crippen LogP contribution in [0.5, 0.6) is 0 Å². The molecule has 0 unspecified atom stereocenters. The number of carbonyl (C=O) groups is 1. The molecule has 2 N–H and O–H groups in total. The van der Waals surface area contributed by atoms with E-state index in [0.29, 0.717) is 19.8 Å². The summed E-state index contributed by atoms with van der Waals surface area (Å²) in [6.45, 7) is 4.25. The first kappa shape index (κ1) is 15.3. The normalized spacial score (nSPS) is 17.4. The van der Waals surface area contributed by atoms with Crippen molar-refractivity contribution in [2.24, 2.45) is 0 Å². The van der Waals surface area contributed by atoms with E-state index in [1.54, 1.807) is 0 Å². The number of aliphatic carboxylic acids is 1. The van der Waals surface area contributed by atoms with Crippen molar-refractivity contribution in [2.75, 3.05) is 38.6 Å². The molecule has 0 aliphatic carbocycles. The van der Waals surface area contributed by atoms with Crippen molar-refractivity contribution >= 4 is 16.1 Å². The number of carboxylic acids is 1. The van der Waals surface area contributed by atoms with Gasteiger partial charge in [0, 0.05) is 26.6 Å². The van der Waals surface area contributed by atoms with Crippen molar-refractivity contribution in [1.82, 2.24) is 4.90 Å². The van der Waals surface area contributed by atoms with Crippen LogP contribution in [0.4, 0.5) is 0 Å². The second-order valence-electron chi connectivity index (χ2n) is 3.26. The third kappa shape index (κ3) is 11.4. The lowest BCUT2D eigenvalue weighted by Crippen LogP contribution is -2.38. The summed E-state index contributed by atoms with van der Waals surface area (Å²) in [5.41, 5.74) is 0. The van der Waals surface area contributed by atoms with E-state index in [1.165, 1.54) is 0 Å². The van der Waals surface area contributed by atoms with Gasteiger partial charge in [-0.3, -0.25) is 14.2 Å². The maximum absolute atomic E-state index is 10.4. The van der Waals surface area contributed by atoms with E-state index < -0.39 is 16.1 Å². The van der Waals surface area contributed by atoms with Gasteiger partial charge in [0.1, 0.15) is 0 Å². The van der Waals surface area contributed by atoms with Crippen molar-refractivity contribution in [2.45, 2.75) is 6.92 Å². The van der Waals surface area contributed by atoms with E-state index in [2.05, 4.69) is 0 Å². The van der Waals surface area contributed by atoms with Gasteiger partial charge < -0.3 is 9.84 Å². The van der Waals surface area contributed by atoms with Crippen molar-refractivity contribution in [3.05, 3.63) is 0 Å². The molecular weight excluding hydrogens is 238 g/mol. The molecular formula is C8H17NO6S. The van der Waals surface area contributed by atoms with Gasteiger partial charge >= 0.3 is 0 Å². The fourth-order valence-electron chi connectivity index (χ4n) is 1.07. The Morgan fingerprint density at radius 2 is 1.81 bits per heavy atom. The lowest BCUT2D eigenvalue weighted by molar-refractivity contribution is -0.134. The highest BCUT2D eigenvalue weighted by Crippen LogP contribution is 1.96. The monoisotopic (exact) mass is 255 g/mol. The van der Waals surface area contributed by atoms with E-state index in [-0.39, 0.29) is 5.75 Å². The van der Waals surface area contributed by atoms with Gasteiger partial charge in [0.05, 0.1) is 19.0 Å². The number of morpholine rings is 1. The van der Waals surface area contributed by atoms with Crippen molar-refractivity contribution < 1.29 is 27.6 Å². The van der Waals surface area contributed by atoms with Crippen LogP contribution in [0.3, 0.4) is 0 Å². The highest BCUT2D eigenvalue weighted by Gasteiger charge is 2.13. The first-order valence-corrected chi connectivity index (χ1v) is 6.37. The average molecular weight is 255 g/mol. The molecule has 0 spiro atoms. The van der Waals surface area contributed by atoms with Crippen molar-refractivity contribution in [3.8, 4) is 0 Å². The molecule has 8 heteroatoms. The molecule has 1 saturated heterocycles. The van der Waals surface area contributed by atoms with Crippen LogP contribution >= 0.6 is 0 Å². The lowest BCUT2D eigenvalue weighted by atomic mass is 10.4. The SMILES string of the molecule is CC(=O)O.O=S(=O)(O)CCN1CCOCC1. The molecule has 1 aliphatic rings. The standard InChI is InChI=1S/C6H13NO4S.C2H4O2/c8-12(9,10)6-3-7-1-4-11-5-2-7;1-2(3)4/h1-6H2,(H,8,9,10);1H3,(H,3,4). The second kappa shape index (κ2) is 7.55. The minimum Gasteiger partial charge on any atom is -0.481 e. The van der Waals surface area contributed by atoms with Crippen LogP contribution in [-0.4, -0.2) is 67.5 Å². The fourth-order valence-corrected chi connectivity index (χ4v) is 1.56. The summed E-state index contributed by atoms with van der Waals surface area (Å²) >= 11 is 0. The quantitative estimate of drug-likeness (QED) is 0.642. The topological polar surface area (TPSA) is 104 Å². The van der Waals surface area contributed by atoms with Gasteiger partial charge in [0.25, 0.3) is 16.1 Å². The molecule has 1 rings (SSSR count). The molecule has 96 valence electrons. The zero-order chi connectivity index (χ0) is 12.6. The number of ether oxygens (including phenoxy) is 1. The van der Waals surface area contributed by atoms with Crippen LogP contribution in [0, 0.1) is 0 Å². The summed E-state index contributed by atoms with van der Waals surface area (Å²) < 4.78 is 34.3. The van der Waals surface area contributed by atoms with Gasteiger partial charge in [-0.05, 0) is 0 Å². The molecule has 0 radical (unpaired) electrons. The van der Waals surface area contributed by atoms with Crippen LogP contribution < -0.4 is 0 Å². The number of rotatable bonds is 3. The van der Waals surface area contributed by atoms with Gasteiger partial charge in [-0.25, -0.2) is 0 Å². The van der Waals surface area contributed by atoms with E-state index in [4.69, 9.17) is 19.2 Å². The molecule has 0 aromatic carbocycles. The Hall–Kier alpha value is -0.700. The van der Waals surface area contributed by atoms with Gasteiger partial charge in [-0.15, -0.1) is 0 Å². The van der Waals surface area contributed by atoms with Gasteiger partial charge in [-0.1, -0.05) is 0 Å². The van der Waals surface area contributed by atoms with Gasteiger partial charge in [0.15, 0.2) is 0 Å². The molecule has 7 nitrogen and oxygen atoms in total. The Morgan fingerprint density at radius 3 is 2.19 bits per heavy atom. The van der Waals surface area contributed by atoms with E-state index in [1.807, 2.05) is 4.90 Å². The van der Waals surface area contributed by atoms with E-state index in [0.717, 1.165) is 20.0 Å². The maximum atomic E-state index is 10.4. The Morgan fingerprint density at radius 1 is 1.38 bits per heavy atom. The molecule has 0 amide bonds. The fraction of sp³-hybridized carbons (Fsp3) is 0.875. The summed E-state index contributed by atoms with van der Waals surface area (Å²) in [6, 6.07) is 0. The summed E-state index contributed by atoms with van der Waals surface area (Å²) in [5, 5.41) is 7.42. The van der Waals surface area contributed by atoms with Crippen LogP contribution in [0.1, 0.15) is 6.92 Å². The summed E-state index contributed by atoms with van der Waals surface area (Å²) in [4.78, 5) is 11.0. The molecule has 0 saturated carbocycles. The number of hydrogen-bond acceptors (Lipinski definition) is 5. The third-order valence-electron chi connectivity index (χ3n) is 1.77. The highest BCUT2D eigenvalue weighted by molar-refractivity contribution is 7.85. The van der Waals surface area contributed by atoms with Crippen LogP contribution in [-0.2, 0) is 19.6 Å². The first-order valence-electron chi connectivity index (χ1n) is 4.76. The first-order chi connectivity index (χ1) is 7.31. The minimum absolute atomic E-state index is 0.188. The number of hydrogen-bond donors (Lipinski definition) is 2. The summed E-state index contributed by atoms with van der Waals surface area (Å²) in [6.07, 6.45) is 0. The van der Waals surface area contributed by atoms with Gasteiger partial charge in [0.2, 0.25) is 0 Å². The molecule has 0 aromatic heterocycles. The van der Waals surface area contributed by atoms with Crippen LogP contribution in [0.2, 0.25) is 0 Å². The smallest absolute Gasteiger partial charge is 0.300 e. The Bertz CT molecular complexity index is 292. The third-order valence-corrected chi connectivity index (χ3v) is 2.47.